The Morgan fingerprint density at radius 1 is 1.16 bits per heavy atom. The molecule has 4 aromatic rings. The molecule has 8 nitrogen and oxygen atoms in total. The van der Waals surface area contributed by atoms with E-state index in [0.717, 1.165) is 6.07 Å². The molecule has 2 aromatic carbocycles. The summed E-state index contributed by atoms with van der Waals surface area (Å²) in [5.41, 5.74) is -5.00. The van der Waals surface area contributed by atoms with E-state index >= 15 is 8.78 Å². The van der Waals surface area contributed by atoms with Crippen LogP contribution >= 0.6 is 10.8 Å². The highest BCUT2D eigenvalue weighted by Gasteiger charge is 2.52. The van der Waals surface area contributed by atoms with E-state index in [0.29, 0.717) is 33.5 Å². The maximum atomic E-state index is 15.0. The highest BCUT2D eigenvalue weighted by molar-refractivity contribution is 8.22. The van der Waals surface area contributed by atoms with Crippen LogP contribution in [-0.4, -0.2) is 35.4 Å². The lowest BCUT2D eigenvalue weighted by molar-refractivity contribution is -0.0257. The van der Waals surface area contributed by atoms with E-state index in [1.165, 1.54) is 0 Å². The topological polar surface area (TPSA) is 105 Å². The van der Waals surface area contributed by atoms with Gasteiger partial charge in [0, 0.05) is 29.5 Å². The van der Waals surface area contributed by atoms with Crippen molar-refractivity contribution in [1.82, 2.24) is 19.0 Å². The first kappa shape index (κ1) is 26.2. The van der Waals surface area contributed by atoms with Crippen LogP contribution in [0.15, 0.2) is 39.8 Å². The standard InChI is InChI=1S/C21H14F8N4O4S/c22-7-38(35,36)31-14-5-32-15(21(14,28)29)6-33(20(32)34)19-17-10(16-11(24)3-9(23)4-12(16)25)1-8(18(26)27)2-13(17)37-30-19/h1-4,6,14,18,31,35-36H,5,7H2/t14-/m1/s1. The molecule has 1 aliphatic rings. The molecule has 38 heavy (non-hydrogen) atoms. The summed E-state index contributed by atoms with van der Waals surface area (Å²) in [5, 5.41) is 3.15. The summed E-state index contributed by atoms with van der Waals surface area (Å²) in [6.45, 7) is -0.844. The summed E-state index contributed by atoms with van der Waals surface area (Å²) in [7, 11) is -4.23. The Hall–Kier alpha value is -3.41. The molecule has 5 rings (SSSR count). The number of fused-ring (bicyclic) bond motifs is 2. The van der Waals surface area contributed by atoms with Gasteiger partial charge >= 0.3 is 11.6 Å². The van der Waals surface area contributed by atoms with Crippen molar-refractivity contribution in [3.63, 3.8) is 0 Å². The Kier molecular flexibility index (Phi) is 6.08. The van der Waals surface area contributed by atoms with Crippen molar-refractivity contribution >= 4 is 21.7 Å². The fourth-order valence-corrected chi connectivity index (χ4v) is 5.03. The van der Waals surface area contributed by atoms with Gasteiger partial charge in [0.15, 0.2) is 17.4 Å². The molecule has 1 atom stereocenters. The van der Waals surface area contributed by atoms with Crippen LogP contribution in [0.4, 0.5) is 35.1 Å². The van der Waals surface area contributed by atoms with E-state index in [1.54, 1.807) is 4.72 Å². The second-order valence-electron chi connectivity index (χ2n) is 8.34. The van der Waals surface area contributed by atoms with Crippen molar-refractivity contribution < 1.29 is 48.8 Å². The molecule has 17 heteroatoms. The van der Waals surface area contributed by atoms with Crippen molar-refractivity contribution in [3.05, 3.63) is 69.7 Å². The molecule has 0 saturated heterocycles. The Bertz CT molecular complexity index is 1610. The van der Waals surface area contributed by atoms with E-state index in [4.69, 9.17) is 4.52 Å². The summed E-state index contributed by atoms with van der Waals surface area (Å²) in [6.07, 6.45) is -2.57. The summed E-state index contributed by atoms with van der Waals surface area (Å²) >= 11 is 0. The van der Waals surface area contributed by atoms with Crippen molar-refractivity contribution in [2.24, 2.45) is 0 Å². The smallest absolute Gasteiger partial charge is 0.334 e. The van der Waals surface area contributed by atoms with Gasteiger partial charge in [0.1, 0.15) is 29.2 Å². The first-order valence-electron chi connectivity index (χ1n) is 10.4. The third-order valence-corrected chi connectivity index (χ3v) is 6.91. The maximum absolute atomic E-state index is 15.0. The van der Waals surface area contributed by atoms with Gasteiger partial charge < -0.3 is 4.52 Å². The summed E-state index contributed by atoms with van der Waals surface area (Å²) in [5.74, 6) is -8.81. The molecule has 0 saturated carbocycles. The SMILES string of the molecule is O=c1n(-c2noc3cc(C(F)F)cc(-c4c(F)cc(F)cc4F)c23)cc2n1C[C@@H](NS(O)(O)CF)C2(F)F. The van der Waals surface area contributed by atoms with Crippen LogP contribution in [-0.2, 0) is 12.5 Å². The van der Waals surface area contributed by atoms with E-state index < -0.39 is 104 Å². The van der Waals surface area contributed by atoms with Crippen LogP contribution in [0.1, 0.15) is 17.7 Å². The van der Waals surface area contributed by atoms with Gasteiger partial charge in [-0.2, -0.15) is 8.78 Å². The minimum atomic E-state index is -4.23. The number of nitrogens with one attached hydrogen (secondary N) is 1. The molecule has 0 aliphatic carbocycles. The summed E-state index contributed by atoms with van der Waals surface area (Å²) in [4.78, 5) is 13.0. The lowest BCUT2D eigenvalue weighted by Crippen LogP contribution is -2.43. The van der Waals surface area contributed by atoms with Crippen LogP contribution in [0.25, 0.3) is 27.9 Å². The van der Waals surface area contributed by atoms with Gasteiger partial charge in [0.2, 0.25) is 0 Å². The molecule has 0 spiro atoms. The number of aromatic nitrogens is 3. The fourth-order valence-electron chi connectivity index (χ4n) is 4.29. The second-order valence-corrected chi connectivity index (χ2v) is 10.1. The van der Waals surface area contributed by atoms with Crippen molar-refractivity contribution in [1.29, 1.82) is 0 Å². The molecule has 3 N–H and O–H groups in total. The molecule has 1 aliphatic heterocycles. The largest absolute Gasteiger partial charge is 0.354 e. The summed E-state index contributed by atoms with van der Waals surface area (Å²) in [6, 6.07) is -1.82. The molecule has 0 bridgehead atoms. The number of hydrogen-bond acceptors (Lipinski definition) is 6. The number of hydrogen-bond donors (Lipinski definition) is 3. The Morgan fingerprint density at radius 3 is 2.39 bits per heavy atom. The maximum Gasteiger partial charge on any atom is 0.334 e. The Labute approximate surface area is 207 Å². The van der Waals surface area contributed by atoms with Crippen LogP contribution in [0, 0.1) is 17.5 Å². The monoisotopic (exact) mass is 570 g/mol. The lowest BCUT2D eigenvalue weighted by atomic mass is 9.97. The van der Waals surface area contributed by atoms with E-state index in [9.17, 15) is 40.2 Å². The lowest BCUT2D eigenvalue weighted by Gasteiger charge is -2.34. The quantitative estimate of drug-likeness (QED) is 0.266. The number of halogens is 8. The van der Waals surface area contributed by atoms with Crippen LogP contribution in [0.2, 0.25) is 0 Å². The fraction of sp³-hybridized carbons (Fsp3) is 0.238. The van der Waals surface area contributed by atoms with Gasteiger partial charge in [-0.3, -0.25) is 13.7 Å². The Morgan fingerprint density at radius 2 is 1.82 bits per heavy atom. The minimum Gasteiger partial charge on any atom is -0.354 e. The van der Waals surface area contributed by atoms with Crippen LogP contribution in [0.5, 0.6) is 0 Å². The van der Waals surface area contributed by atoms with Gasteiger partial charge in [-0.15, -0.1) is 10.8 Å². The van der Waals surface area contributed by atoms with Gasteiger partial charge in [0.25, 0.3) is 6.43 Å². The third-order valence-electron chi connectivity index (χ3n) is 5.94. The molecule has 3 heterocycles. The molecular weight excluding hydrogens is 556 g/mol. The number of benzene rings is 2. The predicted octanol–water partition coefficient (Wildman–Crippen LogP) is 5.46. The zero-order valence-corrected chi connectivity index (χ0v) is 19.3. The van der Waals surface area contributed by atoms with Gasteiger partial charge in [0.05, 0.1) is 17.5 Å². The second kappa shape index (κ2) is 8.82. The zero-order valence-electron chi connectivity index (χ0n) is 18.4. The Balaban J connectivity index is 1.71. The van der Waals surface area contributed by atoms with Gasteiger partial charge in [-0.1, -0.05) is 5.16 Å². The molecular formula is C21H14F8N4O4S. The van der Waals surface area contributed by atoms with Crippen molar-refractivity contribution in [2.45, 2.75) is 24.9 Å². The minimum absolute atomic E-state index is 0.293. The molecule has 204 valence electrons. The number of imidazole rings is 1. The first-order valence-corrected chi connectivity index (χ1v) is 12.1. The zero-order chi connectivity index (χ0) is 27.7. The highest BCUT2D eigenvalue weighted by Crippen LogP contribution is 2.44. The molecule has 0 fully saturated rings. The van der Waals surface area contributed by atoms with Crippen molar-refractivity contribution in [2.75, 3.05) is 6.01 Å². The van der Waals surface area contributed by atoms with Crippen molar-refractivity contribution in [3.8, 4) is 16.9 Å². The molecule has 0 unspecified atom stereocenters. The van der Waals surface area contributed by atoms with Gasteiger partial charge in [-0.25, -0.2) is 40.4 Å². The van der Waals surface area contributed by atoms with Gasteiger partial charge in [-0.05, 0) is 12.1 Å². The molecule has 0 radical (unpaired) electrons. The highest BCUT2D eigenvalue weighted by atomic mass is 32.3. The van der Waals surface area contributed by atoms with E-state index in [1.807, 2.05) is 0 Å². The van der Waals surface area contributed by atoms with E-state index in [2.05, 4.69) is 5.16 Å². The normalized spacial score (nSPS) is 17.5. The average Bonchev–Trinajstić information content (AvgIpc) is 3.45. The summed E-state index contributed by atoms with van der Waals surface area (Å²) < 4.78 is 139. The number of rotatable bonds is 6. The first-order chi connectivity index (χ1) is 17.7. The van der Waals surface area contributed by atoms with Crippen LogP contribution in [0.3, 0.4) is 0 Å². The molecule has 0 amide bonds. The number of nitrogens with zero attached hydrogens (tertiary/aromatic N) is 3. The molecule has 2 aromatic heterocycles. The number of alkyl halides is 5. The predicted molar refractivity (Wildman–Crippen MR) is 118 cm³/mol. The van der Waals surface area contributed by atoms with E-state index in [-0.39, 0.29) is 0 Å². The average molecular weight is 570 g/mol. The third kappa shape index (κ3) is 4.05. The van der Waals surface area contributed by atoms with Crippen LogP contribution < -0.4 is 10.4 Å².